The van der Waals surface area contributed by atoms with Crippen molar-refractivity contribution in [3.8, 4) is 0 Å². The van der Waals surface area contributed by atoms with Crippen molar-refractivity contribution in [2.24, 2.45) is 23.7 Å². The van der Waals surface area contributed by atoms with Gasteiger partial charge in [-0.2, -0.15) is 0 Å². The molecule has 2 amide bonds. The first-order valence-corrected chi connectivity index (χ1v) is 20.0. The Morgan fingerprint density at radius 1 is 1.06 bits per heavy atom. The lowest BCUT2D eigenvalue weighted by molar-refractivity contribution is -0.143. The first-order chi connectivity index (χ1) is 24.3. The molecule has 284 valence electrons. The molecule has 9 nitrogen and oxygen atoms in total. The molecule has 1 saturated heterocycles. The molecule has 0 saturated carbocycles. The Morgan fingerprint density at radius 3 is 2.37 bits per heavy atom. The van der Waals surface area contributed by atoms with Gasteiger partial charge in [-0.3, -0.25) is 24.1 Å². The number of rotatable bonds is 21. The fourth-order valence-electron chi connectivity index (χ4n) is 7.42. The summed E-state index contributed by atoms with van der Waals surface area (Å²) < 4.78 is 5.95. The maximum Gasteiger partial charge on any atom is 0.271 e. The Morgan fingerprint density at radius 2 is 1.76 bits per heavy atom. The predicted molar refractivity (Wildman–Crippen MR) is 206 cm³/mol. The number of hydrogen-bond donors (Lipinski definition) is 1. The second-order valence-electron chi connectivity index (χ2n) is 15.2. The van der Waals surface area contributed by atoms with E-state index in [1.165, 1.54) is 11.3 Å². The van der Waals surface area contributed by atoms with Crippen LogP contribution in [-0.2, 0) is 25.5 Å². The molecular weight excluding hydrogens is 661 g/mol. The molecule has 1 aliphatic rings. The second kappa shape index (κ2) is 20.9. The van der Waals surface area contributed by atoms with Crippen LogP contribution in [0.5, 0.6) is 0 Å². The highest BCUT2D eigenvalue weighted by Gasteiger charge is 2.37. The molecule has 51 heavy (non-hydrogen) atoms. The molecule has 0 unspecified atom stereocenters. The summed E-state index contributed by atoms with van der Waals surface area (Å²) in [6.07, 6.45) is 6.89. The van der Waals surface area contributed by atoms with Crippen LogP contribution in [0.3, 0.4) is 0 Å². The Hall–Kier alpha value is -2.95. The molecule has 1 aromatic carbocycles. The van der Waals surface area contributed by atoms with Crippen molar-refractivity contribution < 1.29 is 23.9 Å². The lowest BCUT2D eigenvalue weighted by Crippen LogP contribution is -2.48. The van der Waals surface area contributed by atoms with Crippen LogP contribution in [0.2, 0.25) is 0 Å². The van der Waals surface area contributed by atoms with Gasteiger partial charge in [0.25, 0.3) is 5.91 Å². The minimum atomic E-state index is -0.656. The van der Waals surface area contributed by atoms with Crippen LogP contribution in [0.4, 0.5) is 0 Å². The highest BCUT2D eigenvalue weighted by Crippen LogP contribution is 2.32. The molecule has 3 rings (SSSR count). The zero-order valence-corrected chi connectivity index (χ0v) is 33.5. The number of thiazole rings is 1. The molecule has 0 spiro atoms. The Balaban J connectivity index is 1.75. The maximum absolute atomic E-state index is 14.2. The molecule has 0 radical (unpaired) electrons. The molecule has 10 heteroatoms. The number of aromatic nitrogens is 1. The number of carbonyl (C=O) groups is 4. The van der Waals surface area contributed by atoms with E-state index in [2.05, 4.69) is 51.8 Å². The number of ether oxygens (including phenoxy) is 1. The van der Waals surface area contributed by atoms with E-state index in [1.54, 1.807) is 12.5 Å². The molecule has 0 bridgehead atoms. The van der Waals surface area contributed by atoms with Crippen molar-refractivity contribution in [3.05, 3.63) is 52.0 Å². The number of carbonyl (C=O) groups excluding carboxylic acids is 4. The largest absolute Gasteiger partial charge is 0.374 e. The molecule has 1 fully saturated rings. The summed E-state index contributed by atoms with van der Waals surface area (Å²) in [7, 11) is 5.48. The summed E-state index contributed by atoms with van der Waals surface area (Å²) in [5.74, 6) is -0.186. The van der Waals surface area contributed by atoms with Gasteiger partial charge in [-0.05, 0) is 56.2 Å². The topological polar surface area (TPSA) is 109 Å². The molecule has 2 aromatic rings. The fraction of sp³-hybridized carbons (Fsp3) is 0.683. The normalized spacial score (nSPS) is 18.7. The number of benzene rings is 1. The summed E-state index contributed by atoms with van der Waals surface area (Å²) in [6.45, 7) is 13.4. The third-order valence-electron chi connectivity index (χ3n) is 10.9. The highest BCUT2D eigenvalue weighted by molar-refractivity contribution is 7.09. The van der Waals surface area contributed by atoms with Crippen LogP contribution in [0.25, 0.3) is 0 Å². The van der Waals surface area contributed by atoms with Gasteiger partial charge in [0.2, 0.25) is 5.91 Å². The molecule has 0 aliphatic carbocycles. The number of methoxy groups -OCH3 is 1. The molecule has 2 heterocycles. The van der Waals surface area contributed by atoms with E-state index in [0.717, 1.165) is 50.6 Å². The van der Waals surface area contributed by atoms with E-state index in [9.17, 15) is 19.2 Å². The summed E-state index contributed by atoms with van der Waals surface area (Å²) in [6, 6.07) is 8.79. The minimum Gasteiger partial charge on any atom is -0.374 e. The Kier molecular flexibility index (Phi) is 17.4. The van der Waals surface area contributed by atoms with Crippen molar-refractivity contribution >= 4 is 34.7 Å². The number of Topliss-reactive ketones (excluding diaryl/α,β-unsaturated/α-hetero) is 2. The molecular formula is C41H64N4O5S. The third-order valence-corrected chi connectivity index (χ3v) is 11.8. The van der Waals surface area contributed by atoms with E-state index in [1.807, 2.05) is 49.3 Å². The van der Waals surface area contributed by atoms with Gasteiger partial charge in [-0.1, -0.05) is 97.6 Å². The van der Waals surface area contributed by atoms with Gasteiger partial charge in [0, 0.05) is 50.8 Å². The Bertz CT molecular complexity index is 1400. The number of amides is 2. The SMILES string of the molecule is CCC[C@@H](C)CC(=O)[C@H](Cc1ccccc1)NC(=O)c1csc([C@@H](C[C@H](C(C)C)N(C)C(=O)[C@@H](CC(=O)[C@H]2CCCCN2C)[C@@H](C)CC)OC)n1. The van der Waals surface area contributed by atoms with Crippen LogP contribution in [-0.4, -0.2) is 84.0 Å². The number of nitrogens with zero attached hydrogens (tertiary/aromatic N) is 3. The summed E-state index contributed by atoms with van der Waals surface area (Å²) in [4.78, 5) is 63.4. The number of hydrogen-bond acceptors (Lipinski definition) is 8. The van der Waals surface area contributed by atoms with Crippen molar-refractivity contribution in [2.45, 2.75) is 130 Å². The number of likely N-dealkylation sites (N-methyl/N-ethyl adjacent to an activating group) is 1. The van der Waals surface area contributed by atoms with E-state index in [4.69, 9.17) is 9.72 Å². The monoisotopic (exact) mass is 724 g/mol. The summed E-state index contributed by atoms with van der Waals surface area (Å²) in [5.41, 5.74) is 1.23. The number of ketones is 2. The van der Waals surface area contributed by atoms with Gasteiger partial charge in [0.15, 0.2) is 11.6 Å². The van der Waals surface area contributed by atoms with Crippen LogP contribution in [0.15, 0.2) is 35.7 Å². The van der Waals surface area contributed by atoms with Crippen molar-refractivity contribution in [2.75, 3.05) is 27.7 Å². The minimum absolute atomic E-state index is 0.00805. The summed E-state index contributed by atoms with van der Waals surface area (Å²) >= 11 is 1.35. The van der Waals surface area contributed by atoms with E-state index >= 15 is 0 Å². The molecule has 1 N–H and O–H groups in total. The quantitative estimate of drug-likeness (QED) is 0.142. The Labute approximate surface area is 311 Å². The maximum atomic E-state index is 14.2. The van der Waals surface area contributed by atoms with Crippen LogP contribution >= 0.6 is 11.3 Å². The third kappa shape index (κ3) is 12.3. The van der Waals surface area contributed by atoms with E-state index < -0.39 is 18.1 Å². The van der Waals surface area contributed by atoms with Gasteiger partial charge < -0.3 is 15.0 Å². The first-order valence-electron chi connectivity index (χ1n) is 19.2. The fourth-order valence-corrected chi connectivity index (χ4v) is 8.31. The van der Waals surface area contributed by atoms with Crippen LogP contribution in [0.1, 0.15) is 126 Å². The lowest BCUT2D eigenvalue weighted by atomic mass is 9.83. The van der Waals surface area contributed by atoms with Gasteiger partial charge in [-0.15, -0.1) is 11.3 Å². The number of nitrogens with one attached hydrogen (secondary N) is 1. The van der Waals surface area contributed by atoms with E-state index in [-0.39, 0.29) is 65.3 Å². The number of likely N-dealkylation sites (tertiary alicyclic amines) is 1. The van der Waals surface area contributed by atoms with Crippen LogP contribution in [0, 0.1) is 23.7 Å². The van der Waals surface area contributed by atoms with Gasteiger partial charge >= 0.3 is 0 Å². The average Bonchev–Trinajstić information content (AvgIpc) is 3.61. The zero-order valence-electron chi connectivity index (χ0n) is 32.7. The molecule has 1 aromatic heterocycles. The van der Waals surface area contributed by atoms with Crippen molar-refractivity contribution in [1.29, 1.82) is 0 Å². The first kappa shape index (κ1) is 42.5. The van der Waals surface area contributed by atoms with Crippen molar-refractivity contribution in [3.63, 3.8) is 0 Å². The standard InChI is InChI=1S/C41H64N4O5S/c1-10-17-28(5)22-36(46)32(23-30-18-13-12-14-19-30)42-39(48)33-26-51-40(43-33)38(50-9)25-35(27(3)4)45(8)41(49)31(29(6)11-2)24-37(47)34-20-15-16-21-44(34)7/h12-14,18-19,26-29,31-32,34-35,38H,10-11,15-17,20-25H2,1-9H3,(H,42,48)/t28-,29+,31+,32+,34-,35-,38-/m1/s1. The van der Waals surface area contributed by atoms with Crippen molar-refractivity contribution in [1.82, 2.24) is 20.1 Å². The van der Waals surface area contributed by atoms with Gasteiger partial charge in [-0.25, -0.2) is 4.98 Å². The summed E-state index contributed by atoms with van der Waals surface area (Å²) in [5, 5.41) is 5.35. The van der Waals surface area contributed by atoms with E-state index in [0.29, 0.717) is 24.3 Å². The average molecular weight is 725 g/mol. The number of piperidine rings is 1. The smallest absolute Gasteiger partial charge is 0.271 e. The van der Waals surface area contributed by atoms with Gasteiger partial charge in [0.1, 0.15) is 16.8 Å². The lowest BCUT2D eigenvalue weighted by Gasteiger charge is -2.37. The molecule has 7 atom stereocenters. The highest BCUT2D eigenvalue weighted by atomic mass is 32.1. The van der Waals surface area contributed by atoms with Crippen LogP contribution < -0.4 is 5.32 Å². The predicted octanol–water partition coefficient (Wildman–Crippen LogP) is 7.55. The van der Waals surface area contributed by atoms with Gasteiger partial charge in [0.05, 0.1) is 12.1 Å². The zero-order chi connectivity index (χ0) is 37.7. The molecule has 1 aliphatic heterocycles. The second-order valence-corrected chi connectivity index (χ2v) is 16.1.